The van der Waals surface area contributed by atoms with Crippen LogP contribution in [-0.4, -0.2) is 34.3 Å². The molecule has 0 saturated carbocycles. The number of aliphatic hydroxyl groups is 1. The highest BCUT2D eigenvalue weighted by atomic mass is 16.5. The Morgan fingerprint density at radius 1 is 0.354 bits per heavy atom. The molecule has 0 radical (unpaired) electrons. The first-order valence-electron chi connectivity index (χ1n) is 15.7. The minimum atomic E-state index is 0.0255. The monoisotopic (exact) mass is 627 g/mol. The van der Waals surface area contributed by atoms with E-state index in [0.29, 0.717) is 17.5 Å². The van der Waals surface area contributed by atoms with Gasteiger partial charge in [0.05, 0.1) is 20.8 Å². The van der Waals surface area contributed by atoms with E-state index in [0.717, 1.165) is 67.1 Å². The third-order valence-electron chi connectivity index (χ3n) is 8.38. The third-order valence-corrected chi connectivity index (χ3v) is 8.38. The lowest BCUT2D eigenvalue weighted by molar-refractivity contribution is 0.282. The molecule has 1 N–H and O–H groups in total. The molecule has 0 saturated heterocycles. The molecular formula is C42H33N3O3. The molecule has 6 nitrogen and oxygen atoms in total. The third kappa shape index (κ3) is 6.56. The topological polar surface area (TPSA) is 77.4 Å². The molecule has 0 spiro atoms. The van der Waals surface area contributed by atoms with Crippen LogP contribution in [0, 0.1) is 0 Å². The average Bonchev–Trinajstić information content (AvgIpc) is 3.18. The largest absolute Gasteiger partial charge is 0.497 e. The number of ether oxygens (including phenoxy) is 2. The Morgan fingerprint density at radius 2 is 0.583 bits per heavy atom. The van der Waals surface area contributed by atoms with Crippen molar-refractivity contribution in [3.8, 4) is 79.0 Å². The number of hydrogen-bond donors (Lipinski definition) is 1. The van der Waals surface area contributed by atoms with E-state index in [2.05, 4.69) is 36.4 Å². The fourth-order valence-electron chi connectivity index (χ4n) is 5.57. The second kappa shape index (κ2) is 13.7. The fourth-order valence-corrected chi connectivity index (χ4v) is 5.57. The molecule has 1 heterocycles. The molecule has 0 atom stereocenters. The van der Waals surface area contributed by atoms with E-state index < -0.39 is 0 Å². The maximum atomic E-state index is 9.41. The first kappa shape index (κ1) is 30.5. The predicted octanol–water partition coefficient (Wildman–Crippen LogP) is 9.38. The number of rotatable bonds is 9. The van der Waals surface area contributed by atoms with Crippen LogP contribution < -0.4 is 9.47 Å². The summed E-state index contributed by atoms with van der Waals surface area (Å²) in [6.07, 6.45) is 0. The summed E-state index contributed by atoms with van der Waals surface area (Å²) in [5, 5.41) is 9.41. The summed E-state index contributed by atoms with van der Waals surface area (Å²) in [6.45, 7) is 0.0255. The van der Waals surface area contributed by atoms with Gasteiger partial charge in [-0.15, -0.1) is 0 Å². The van der Waals surface area contributed by atoms with Gasteiger partial charge in [0, 0.05) is 16.7 Å². The molecule has 0 aliphatic heterocycles. The maximum absolute atomic E-state index is 9.41. The smallest absolute Gasteiger partial charge is 0.164 e. The molecule has 0 fully saturated rings. The zero-order valence-electron chi connectivity index (χ0n) is 26.7. The van der Waals surface area contributed by atoms with Crippen LogP contribution in [0.3, 0.4) is 0 Å². The van der Waals surface area contributed by atoms with Crippen molar-refractivity contribution in [3.63, 3.8) is 0 Å². The summed E-state index contributed by atoms with van der Waals surface area (Å²) < 4.78 is 10.6. The number of hydrogen-bond acceptors (Lipinski definition) is 6. The van der Waals surface area contributed by atoms with Crippen molar-refractivity contribution in [1.29, 1.82) is 0 Å². The molecule has 0 aliphatic rings. The van der Waals surface area contributed by atoms with E-state index in [1.54, 1.807) is 14.2 Å². The van der Waals surface area contributed by atoms with Crippen molar-refractivity contribution in [3.05, 3.63) is 151 Å². The van der Waals surface area contributed by atoms with Gasteiger partial charge in [0.1, 0.15) is 11.5 Å². The zero-order chi connectivity index (χ0) is 32.9. The first-order chi connectivity index (χ1) is 23.6. The van der Waals surface area contributed by atoms with E-state index in [1.165, 1.54) is 0 Å². The van der Waals surface area contributed by atoms with Crippen molar-refractivity contribution < 1.29 is 14.6 Å². The van der Waals surface area contributed by atoms with Crippen molar-refractivity contribution in [2.45, 2.75) is 6.61 Å². The van der Waals surface area contributed by atoms with Crippen molar-refractivity contribution in [2.75, 3.05) is 14.2 Å². The normalized spacial score (nSPS) is 10.9. The van der Waals surface area contributed by atoms with Gasteiger partial charge in [-0.25, -0.2) is 15.0 Å². The van der Waals surface area contributed by atoms with E-state index in [4.69, 9.17) is 24.4 Å². The second-order valence-corrected chi connectivity index (χ2v) is 11.4. The lowest BCUT2D eigenvalue weighted by atomic mass is 10.0. The van der Waals surface area contributed by atoms with Crippen molar-refractivity contribution >= 4 is 0 Å². The fraction of sp³-hybridized carbons (Fsp3) is 0.0714. The van der Waals surface area contributed by atoms with Gasteiger partial charge in [-0.05, 0) is 63.2 Å². The zero-order valence-corrected chi connectivity index (χ0v) is 26.7. The van der Waals surface area contributed by atoms with Gasteiger partial charge >= 0.3 is 0 Å². The Balaban J connectivity index is 1.25. The Morgan fingerprint density at radius 3 is 0.833 bits per heavy atom. The standard InChI is InChI=1S/C42H33N3O3/c1-47-38-23-19-33(20-24-38)31-9-15-36(16-10-31)41-43-40(35-13-7-30(8-14-35)29-5-3-28(27-46)4-6-29)44-42(45-41)37-17-11-32(12-18-37)34-21-25-39(48-2)26-22-34/h3-26,46H,27H2,1-2H3. The van der Waals surface area contributed by atoms with Gasteiger partial charge in [0.2, 0.25) is 0 Å². The Bertz CT molecular complexity index is 1860. The molecule has 7 aromatic rings. The summed E-state index contributed by atoms with van der Waals surface area (Å²) in [5.74, 6) is 3.43. The summed E-state index contributed by atoms with van der Waals surface area (Å²) in [7, 11) is 3.34. The minimum Gasteiger partial charge on any atom is -0.497 e. The number of methoxy groups -OCH3 is 2. The predicted molar refractivity (Wildman–Crippen MR) is 191 cm³/mol. The molecule has 7 rings (SSSR count). The molecule has 0 unspecified atom stereocenters. The molecule has 0 aliphatic carbocycles. The van der Waals surface area contributed by atoms with E-state index in [-0.39, 0.29) is 6.61 Å². The van der Waals surface area contributed by atoms with Gasteiger partial charge in [-0.3, -0.25) is 0 Å². The second-order valence-electron chi connectivity index (χ2n) is 11.4. The molecule has 6 aromatic carbocycles. The average molecular weight is 628 g/mol. The van der Waals surface area contributed by atoms with Gasteiger partial charge in [-0.1, -0.05) is 121 Å². The van der Waals surface area contributed by atoms with Crippen molar-refractivity contribution in [2.24, 2.45) is 0 Å². The van der Waals surface area contributed by atoms with Crippen LogP contribution in [0.1, 0.15) is 5.56 Å². The van der Waals surface area contributed by atoms with Gasteiger partial charge < -0.3 is 14.6 Å². The number of aliphatic hydroxyl groups excluding tert-OH is 1. The van der Waals surface area contributed by atoms with Crippen LogP contribution in [0.4, 0.5) is 0 Å². The molecule has 1 aromatic heterocycles. The number of nitrogens with zero attached hydrogens (tertiary/aromatic N) is 3. The summed E-state index contributed by atoms with van der Waals surface area (Å²) in [4.78, 5) is 14.9. The van der Waals surface area contributed by atoms with E-state index in [1.807, 2.05) is 109 Å². The van der Waals surface area contributed by atoms with E-state index in [9.17, 15) is 5.11 Å². The summed E-state index contributed by atoms with van der Waals surface area (Å²) in [5.41, 5.74) is 10.1. The highest BCUT2D eigenvalue weighted by Crippen LogP contribution is 2.31. The molecule has 6 heteroatoms. The lowest BCUT2D eigenvalue weighted by Gasteiger charge is -2.11. The van der Waals surface area contributed by atoms with Gasteiger partial charge in [0.25, 0.3) is 0 Å². The molecule has 48 heavy (non-hydrogen) atoms. The van der Waals surface area contributed by atoms with E-state index >= 15 is 0 Å². The quantitative estimate of drug-likeness (QED) is 0.172. The Labute approximate surface area is 280 Å². The first-order valence-corrected chi connectivity index (χ1v) is 15.7. The van der Waals surface area contributed by atoms with Crippen LogP contribution in [0.5, 0.6) is 11.5 Å². The molecule has 0 amide bonds. The van der Waals surface area contributed by atoms with Crippen LogP contribution in [-0.2, 0) is 6.61 Å². The van der Waals surface area contributed by atoms with Crippen molar-refractivity contribution in [1.82, 2.24) is 15.0 Å². The Kier molecular flexibility index (Phi) is 8.72. The maximum Gasteiger partial charge on any atom is 0.164 e. The molecular weight excluding hydrogens is 594 g/mol. The van der Waals surface area contributed by atoms with Crippen LogP contribution in [0.15, 0.2) is 146 Å². The Hall–Kier alpha value is -6.11. The number of aromatic nitrogens is 3. The molecule has 0 bridgehead atoms. The number of benzene rings is 6. The summed E-state index contributed by atoms with van der Waals surface area (Å²) >= 11 is 0. The van der Waals surface area contributed by atoms with Crippen LogP contribution >= 0.6 is 0 Å². The van der Waals surface area contributed by atoms with Gasteiger partial charge in [0.15, 0.2) is 17.5 Å². The highest BCUT2D eigenvalue weighted by Gasteiger charge is 2.14. The highest BCUT2D eigenvalue weighted by molar-refractivity contribution is 5.74. The molecule has 234 valence electrons. The van der Waals surface area contributed by atoms with Crippen LogP contribution in [0.2, 0.25) is 0 Å². The lowest BCUT2D eigenvalue weighted by Crippen LogP contribution is -2.00. The SMILES string of the molecule is COc1ccc(-c2ccc(-c3nc(-c4ccc(-c5ccc(CO)cc5)cc4)nc(-c4ccc(-c5ccc(OC)cc5)cc4)n3)cc2)cc1. The van der Waals surface area contributed by atoms with Gasteiger partial charge in [-0.2, -0.15) is 0 Å². The minimum absolute atomic E-state index is 0.0255. The van der Waals surface area contributed by atoms with Crippen LogP contribution in [0.25, 0.3) is 67.5 Å². The summed E-state index contributed by atoms with van der Waals surface area (Å²) in [6, 6.07) is 48.7.